The van der Waals surface area contributed by atoms with Gasteiger partial charge in [-0.15, -0.1) is 0 Å². The minimum Gasteiger partial charge on any atom is -0.504 e. The molecule has 0 aromatic heterocycles. The molecule has 0 heterocycles. The highest BCUT2D eigenvalue weighted by atomic mass is 16.5. The molecule has 2 N–H and O–H groups in total. The standard InChI is InChI=1S/C10H12O4/c1-5-4-7(10(12)13)9(14-3)8(11)6(5)2/h4,11H,1-3H3,(H,12,13). The Morgan fingerprint density at radius 3 is 2.43 bits per heavy atom. The molecule has 0 aliphatic heterocycles. The van der Waals surface area contributed by atoms with Gasteiger partial charge in [0, 0.05) is 0 Å². The van der Waals surface area contributed by atoms with E-state index in [9.17, 15) is 9.90 Å². The van der Waals surface area contributed by atoms with E-state index in [4.69, 9.17) is 9.84 Å². The zero-order valence-corrected chi connectivity index (χ0v) is 8.29. The van der Waals surface area contributed by atoms with Crippen LogP contribution in [0.15, 0.2) is 6.07 Å². The van der Waals surface area contributed by atoms with E-state index in [0.717, 1.165) is 5.56 Å². The third-order valence-corrected chi connectivity index (χ3v) is 2.20. The molecule has 76 valence electrons. The molecule has 0 radical (unpaired) electrons. The van der Waals surface area contributed by atoms with Crippen molar-refractivity contribution >= 4 is 5.97 Å². The van der Waals surface area contributed by atoms with E-state index in [0.29, 0.717) is 5.56 Å². The van der Waals surface area contributed by atoms with Crippen LogP contribution in [-0.2, 0) is 0 Å². The number of aryl methyl sites for hydroxylation is 1. The Bertz CT molecular complexity index is 382. The third-order valence-electron chi connectivity index (χ3n) is 2.20. The van der Waals surface area contributed by atoms with Crippen LogP contribution in [0.25, 0.3) is 0 Å². The summed E-state index contributed by atoms with van der Waals surface area (Å²) in [6.45, 7) is 3.44. The highest BCUT2D eigenvalue weighted by Crippen LogP contribution is 2.35. The molecule has 0 saturated heterocycles. The van der Waals surface area contributed by atoms with Crippen molar-refractivity contribution < 1.29 is 19.7 Å². The molecule has 1 aromatic rings. The van der Waals surface area contributed by atoms with Crippen LogP contribution in [0.1, 0.15) is 21.5 Å². The van der Waals surface area contributed by atoms with Gasteiger partial charge in [-0.1, -0.05) is 0 Å². The first-order chi connectivity index (χ1) is 6.49. The zero-order chi connectivity index (χ0) is 10.9. The Hall–Kier alpha value is -1.71. The molecule has 1 rings (SSSR count). The van der Waals surface area contributed by atoms with Gasteiger partial charge in [-0.3, -0.25) is 0 Å². The van der Waals surface area contributed by atoms with Crippen molar-refractivity contribution in [2.45, 2.75) is 13.8 Å². The maximum absolute atomic E-state index is 10.8. The first-order valence-electron chi connectivity index (χ1n) is 4.09. The SMILES string of the molecule is COc1c(C(=O)O)cc(C)c(C)c1O. The number of aromatic carboxylic acids is 1. The van der Waals surface area contributed by atoms with Gasteiger partial charge in [0.25, 0.3) is 0 Å². The second-order valence-electron chi connectivity index (χ2n) is 3.05. The van der Waals surface area contributed by atoms with Crippen molar-refractivity contribution in [3.05, 3.63) is 22.8 Å². The Labute approximate surface area is 81.8 Å². The summed E-state index contributed by atoms with van der Waals surface area (Å²) in [5.41, 5.74) is 1.33. The summed E-state index contributed by atoms with van der Waals surface area (Å²) in [6.07, 6.45) is 0. The van der Waals surface area contributed by atoms with E-state index in [2.05, 4.69) is 0 Å². The minimum absolute atomic E-state index is 0.0144. The predicted octanol–water partition coefficient (Wildman–Crippen LogP) is 1.72. The molecular weight excluding hydrogens is 184 g/mol. The molecule has 4 heteroatoms. The lowest BCUT2D eigenvalue weighted by Crippen LogP contribution is -2.02. The summed E-state index contributed by atoms with van der Waals surface area (Å²) < 4.78 is 4.84. The van der Waals surface area contributed by atoms with Crippen molar-refractivity contribution in [3.63, 3.8) is 0 Å². The second-order valence-corrected chi connectivity index (χ2v) is 3.05. The maximum atomic E-state index is 10.8. The molecule has 0 aliphatic rings. The lowest BCUT2D eigenvalue weighted by atomic mass is 10.0. The molecule has 0 bridgehead atoms. The van der Waals surface area contributed by atoms with Crippen LogP contribution in [0.4, 0.5) is 0 Å². The lowest BCUT2D eigenvalue weighted by molar-refractivity contribution is 0.0692. The van der Waals surface area contributed by atoms with Crippen LogP contribution in [0.3, 0.4) is 0 Å². The van der Waals surface area contributed by atoms with Gasteiger partial charge in [-0.25, -0.2) is 4.79 Å². The van der Waals surface area contributed by atoms with Crippen LogP contribution in [-0.4, -0.2) is 23.3 Å². The van der Waals surface area contributed by atoms with Gasteiger partial charge in [-0.2, -0.15) is 0 Å². The molecule has 0 spiro atoms. The van der Waals surface area contributed by atoms with Gasteiger partial charge in [0.2, 0.25) is 0 Å². The summed E-state index contributed by atoms with van der Waals surface area (Å²) in [5, 5.41) is 18.5. The lowest BCUT2D eigenvalue weighted by Gasteiger charge is -2.11. The van der Waals surface area contributed by atoms with Crippen LogP contribution in [0.2, 0.25) is 0 Å². The molecular formula is C10H12O4. The highest BCUT2D eigenvalue weighted by molar-refractivity contribution is 5.92. The molecule has 14 heavy (non-hydrogen) atoms. The Morgan fingerprint density at radius 2 is 2.00 bits per heavy atom. The van der Waals surface area contributed by atoms with Crippen LogP contribution >= 0.6 is 0 Å². The predicted molar refractivity (Wildman–Crippen MR) is 51.1 cm³/mol. The number of phenols is 1. The van der Waals surface area contributed by atoms with Crippen LogP contribution < -0.4 is 4.74 Å². The fourth-order valence-corrected chi connectivity index (χ4v) is 1.24. The summed E-state index contributed by atoms with van der Waals surface area (Å²) in [7, 11) is 1.33. The fraction of sp³-hybridized carbons (Fsp3) is 0.300. The van der Waals surface area contributed by atoms with Gasteiger partial charge in [0.1, 0.15) is 5.56 Å². The molecule has 0 atom stereocenters. The monoisotopic (exact) mass is 196 g/mol. The van der Waals surface area contributed by atoms with E-state index < -0.39 is 5.97 Å². The largest absolute Gasteiger partial charge is 0.504 e. The number of carbonyl (C=O) groups is 1. The Balaban J connectivity index is 3.51. The number of phenolic OH excluding ortho intramolecular Hbond substituents is 1. The average molecular weight is 196 g/mol. The van der Waals surface area contributed by atoms with Gasteiger partial charge in [0.15, 0.2) is 11.5 Å². The van der Waals surface area contributed by atoms with E-state index in [1.165, 1.54) is 13.2 Å². The number of carboxylic acid groups (broad SMARTS) is 1. The molecule has 0 amide bonds. The maximum Gasteiger partial charge on any atom is 0.339 e. The van der Waals surface area contributed by atoms with E-state index >= 15 is 0 Å². The summed E-state index contributed by atoms with van der Waals surface area (Å²) in [5.74, 6) is -1.20. The first-order valence-corrected chi connectivity index (χ1v) is 4.09. The van der Waals surface area contributed by atoms with Crippen molar-refractivity contribution in [2.24, 2.45) is 0 Å². The number of ether oxygens (including phenoxy) is 1. The van der Waals surface area contributed by atoms with E-state index in [-0.39, 0.29) is 17.1 Å². The summed E-state index contributed by atoms with van der Waals surface area (Å²) >= 11 is 0. The van der Waals surface area contributed by atoms with Gasteiger partial charge < -0.3 is 14.9 Å². The number of hydrogen-bond donors (Lipinski definition) is 2. The average Bonchev–Trinajstić information content (AvgIpc) is 2.13. The normalized spacial score (nSPS) is 9.93. The van der Waals surface area contributed by atoms with Crippen molar-refractivity contribution in [2.75, 3.05) is 7.11 Å². The van der Waals surface area contributed by atoms with Crippen LogP contribution in [0.5, 0.6) is 11.5 Å². The minimum atomic E-state index is -1.11. The van der Waals surface area contributed by atoms with E-state index in [1.54, 1.807) is 13.8 Å². The fourth-order valence-electron chi connectivity index (χ4n) is 1.24. The van der Waals surface area contributed by atoms with E-state index in [1.807, 2.05) is 0 Å². The Morgan fingerprint density at radius 1 is 1.43 bits per heavy atom. The molecule has 0 saturated carbocycles. The Kier molecular flexibility index (Phi) is 2.65. The highest BCUT2D eigenvalue weighted by Gasteiger charge is 2.18. The molecule has 0 aliphatic carbocycles. The third kappa shape index (κ3) is 1.51. The van der Waals surface area contributed by atoms with Gasteiger partial charge in [-0.05, 0) is 31.0 Å². The second kappa shape index (κ2) is 3.57. The summed E-state index contributed by atoms with van der Waals surface area (Å²) in [4.78, 5) is 10.8. The number of hydrogen-bond acceptors (Lipinski definition) is 3. The number of carboxylic acids is 1. The topological polar surface area (TPSA) is 66.8 Å². The van der Waals surface area contributed by atoms with Crippen molar-refractivity contribution in [1.82, 2.24) is 0 Å². The first kappa shape index (κ1) is 10.4. The molecule has 4 nitrogen and oxygen atoms in total. The van der Waals surface area contributed by atoms with Gasteiger partial charge >= 0.3 is 5.97 Å². The number of rotatable bonds is 2. The molecule has 1 aromatic carbocycles. The molecule has 0 fully saturated rings. The van der Waals surface area contributed by atoms with Gasteiger partial charge in [0.05, 0.1) is 7.11 Å². The van der Waals surface area contributed by atoms with Crippen LogP contribution in [0, 0.1) is 13.8 Å². The molecule has 0 unspecified atom stereocenters. The zero-order valence-electron chi connectivity index (χ0n) is 8.29. The number of benzene rings is 1. The van der Waals surface area contributed by atoms with Crippen molar-refractivity contribution in [1.29, 1.82) is 0 Å². The number of methoxy groups -OCH3 is 1. The quantitative estimate of drug-likeness (QED) is 0.755. The summed E-state index contributed by atoms with van der Waals surface area (Å²) in [6, 6.07) is 1.48. The number of aromatic hydroxyl groups is 1. The van der Waals surface area contributed by atoms with Crippen molar-refractivity contribution in [3.8, 4) is 11.5 Å². The smallest absolute Gasteiger partial charge is 0.339 e.